The molecule has 3 rings (SSSR count). The normalized spacial score (nSPS) is 37.5. The van der Waals surface area contributed by atoms with Crippen LogP contribution in [0, 0.1) is 0 Å². The van der Waals surface area contributed by atoms with Crippen molar-refractivity contribution in [3.05, 3.63) is 0 Å². The fourth-order valence-corrected chi connectivity index (χ4v) is 2.99. The van der Waals surface area contributed by atoms with E-state index in [9.17, 15) is 9.90 Å². The molecular weight excluding hydrogens is 206 g/mol. The highest BCUT2D eigenvalue weighted by Crippen LogP contribution is 2.51. The first-order chi connectivity index (χ1) is 7.22. The quantitative estimate of drug-likeness (QED) is 0.720. The SMILES string of the molecule is CC(C)(C)OC(=O)NC12CCCC(O)(C1)C2. The van der Waals surface area contributed by atoms with E-state index in [1.165, 1.54) is 0 Å². The summed E-state index contributed by atoms with van der Waals surface area (Å²) in [5.41, 5.74) is -1.18. The van der Waals surface area contributed by atoms with Crippen LogP contribution in [0.1, 0.15) is 52.9 Å². The van der Waals surface area contributed by atoms with E-state index in [4.69, 9.17) is 4.74 Å². The minimum atomic E-state index is -0.521. The van der Waals surface area contributed by atoms with Gasteiger partial charge in [0.25, 0.3) is 0 Å². The summed E-state index contributed by atoms with van der Waals surface area (Å²) >= 11 is 0. The first-order valence-corrected chi connectivity index (χ1v) is 5.96. The molecule has 16 heavy (non-hydrogen) atoms. The molecule has 3 saturated carbocycles. The summed E-state index contributed by atoms with van der Waals surface area (Å²) in [5.74, 6) is 0. The molecule has 2 bridgehead atoms. The highest BCUT2D eigenvalue weighted by atomic mass is 16.6. The second-order valence-corrected chi connectivity index (χ2v) is 6.34. The van der Waals surface area contributed by atoms with Gasteiger partial charge >= 0.3 is 6.09 Å². The van der Waals surface area contributed by atoms with Crippen LogP contribution in [-0.2, 0) is 4.74 Å². The molecule has 0 heterocycles. The second kappa shape index (κ2) is 3.36. The maximum atomic E-state index is 11.6. The Kier molecular flexibility index (Phi) is 2.46. The molecule has 0 saturated heterocycles. The number of hydrogen-bond acceptors (Lipinski definition) is 3. The fraction of sp³-hybridized carbons (Fsp3) is 0.917. The van der Waals surface area contributed by atoms with Crippen molar-refractivity contribution in [2.24, 2.45) is 0 Å². The average molecular weight is 227 g/mol. The van der Waals surface area contributed by atoms with Gasteiger partial charge in [0.05, 0.1) is 5.60 Å². The van der Waals surface area contributed by atoms with Gasteiger partial charge in [-0.15, -0.1) is 0 Å². The number of alkyl carbamates (subject to hydrolysis) is 1. The molecule has 0 unspecified atom stereocenters. The Labute approximate surface area is 96.4 Å². The van der Waals surface area contributed by atoms with Crippen molar-refractivity contribution in [1.29, 1.82) is 0 Å². The van der Waals surface area contributed by atoms with E-state index < -0.39 is 11.2 Å². The van der Waals surface area contributed by atoms with E-state index in [0.29, 0.717) is 12.8 Å². The van der Waals surface area contributed by atoms with Crippen LogP contribution in [-0.4, -0.2) is 27.9 Å². The summed E-state index contributed by atoms with van der Waals surface area (Å²) in [7, 11) is 0. The molecule has 2 N–H and O–H groups in total. The molecule has 3 aliphatic rings. The number of hydrogen-bond donors (Lipinski definition) is 2. The first-order valence-electron chi connectivity index (χ1n) is 5.96. The van der Waals surface area contributed by atoms with Crippen LogP contribution in [0.3, 0.4) is 0 Å². The maximum Gasteiger partial charge on any atom is 0.408 e. The number of rotatable bonds is 1. The number of nitrogens with one attached hydrogen (secondary N) is 1. The summed E-state index contributed by atoms with van der Waals surface area (Å²) in [6.07, 6.45) is 3.79. The number of carbonyl (C=O) groups is 1. The minimum absolute atomic E-state index is 0.199. The summed E-state index contributed by atoms with van der Waals surface area (Å²) in [6.45, 7) is 5.55. The Bertz CT molecular complexity index is 300. The van der Waals surface area contributed by atoms with Crippen LogP contribution in [0.25, 0.3) is 0 Å². The molecule has 0 atom stereocenters. The zero-order chi connectivity index (χ0) is 12.0. The van der Waals surface area contributed by atoms with Crippen LogP contribution in [0.4, 0.5) is 4.79 Å². The van der Waals surface area contributed by atoms with Crippen LogP contribution in [0.2, 0.25) is 0 Å². The van der Waals surface area contributed by atoms with Crippen molar-refractivity contribution in [3.8, 4) is 0 Å². The number of ether oxygens (including phenoxy) is 1. The van der Waals surface area contributed by atoms with Crippen molar-refractivity contribution in [2.75, 3.05) is 0 Å². The van der Waals surface area contributed by atoms with Gasteiger partial charge in [-0.25, -0.2) is 4.79 Å². The predicted molar refractivity (Wildman–Crippen MR) is 60.1 cm³/mol. The highest BCUT2D eigenvalue weighted by molar-refractivity contribution is 5.69. The second-order valence-electron chi connectivity index (χ2n) is 6.34. The molecule has 0 aromatic carbocycles. The minimum Gasteiger partial charge on any atom is -0.444 e. The van der Waals surface area contributed by atoms with E-state index in [0.717, 1.165) is 19.3 Å². The Morgan fingerprint density at radius 2 is 1.94 bits per heavy atom. The van der Waals surface area contributed by atoms with Crippen molar-refractivity contribution in [2.45, 2.75) is 69.6 Å². The Hall–Kier alpha value is -0.770. The van der Waals surface area contributed by atoms with Crippen molar-refractivity contribution in [1.82, 2.24) is 5.32 Å². The molecule has 3 fully saturated rings. The number of amides is 1. The third-order valence-electron chi connectivity index (χ3n) is 3.40. The van der Waals surface area contributed by atoms with Gasteiger partial charge in [-0.3, -0.25) is 0 Å². The summed E-state index contributed by atoms with van der Waals surface area (Å²) in [6, 6.07) is 0. The smallest absolute Gasteiger partial charge is 0.408 e. The van der Waals surface area contributed by atoms with Gasteiger partial charge in [-0.2, -0.15) is 0 Å². The topological polar surface area (TPSA) is 58.6 Å². The van der Waals surface area contributed by atoms with E-state index in [-0.39, 0.29) is 11.6 Å². The average Bonchev–Trinajstić information content (AvgIpc) is 1.95. The molecule has 4 nitrogen and oxygen atoms in total. The zero-order valence-corrected chi connectivity index (χ0v) is 10.3. The van der Waals surface area contributed by atoms with E-state index in [2.05, 4.69) is 5.32 Å². The van der Waals surface area contributed by atoms with E-state index in [1.54, 1.807) is 0 Å². The lowest BCUT2D eigenvalue weighted by Gasteiger charge is -2.57. The van der Waals surface area contributed by atoms with Crippen LogP contribution >= 0.6 is 0 Å². The van der Waals surface area contributed by atoms with Gasteiger partial charge in [-0.1, -0.05) is 0 Å². The standard InChI is InChI=1S/C12H21NO3/c1-10(2,3)16-9(14)13-11-5-4-6-12(15,7-11)8-11/h15H,4-8H2,1-3H3,(H,13,14). The van der Waals surface area contributed by atoms with Crippen molar-refractivity contribution < 1.29 is 14.6 Å². The monoisotopic (exact) mass is 227 g/mol. The van der Waals surface area contributed by atoms with Gasteiger partial charge in [0, 0.05) is 5.54 Å². The van der Waals surface area contributed by atoms with Gasteiger partial charge in [-0.05, 0) is 52.9 Å². The third kappa shape index (κ3) is 2.32. The molecule has 1 amide bonds. The largest absolute Gasteiger partial charge is 0.444 e. The molecule has 0 spiro atoms. The van der Waals surface area contributed by atoms with Crippen molar-refractivity contribution >= 4 is 6.09 Å². The number of aliphatic hydroxyl groups is 1. The van der Waals surface area contributed by atoms with Crippen LogP contribution in [0.15, 0.2) is 0 Å². The van der Waals surface area contributed by atoms with E-state index >= 15 is 0 Å². The predicted octanol–water partition coefficient (Wildman–Crippen LogP) is 1.96. The van der Waals surface area contributed by atoms with Gasteiger partial charge < -0.3 is 15.2 Å². The molecule has 4 heteroatoms. The summed E-state index contributed by atoms with van der Waals surface area (Å²) in [5, 5.41) is 12.9. The van der Waals surface area contributed by atoms with Gasteiger partial charge in [0.1, 0.15) is 5.60 Å². The summed E-state index contributed by atoms with van der Waals surface area (Å²) < 4.78 is 5.23. The number of fused-ring (bicyclic) bond motifs is 2. The molecule has 92 valence electrons. The Morgan fingerprint density at radius 3 is 2.44 bits per heavy atom. The molecule has 0 aromatic rings. The fourth-order valence-electron chi connectivity index (χ4n) is 2.99. The Morgan fingerprint density at radius 1 is 1.31 bits per heavy atom. The number of carbonyl (C=O) groups excluding carboxylic acids is 1. The highest BCUT2D eigenvalue weighted by Gasteiger charge is 2.57. The van der Waals surface area contributed by atoms with Crippen LogP contribution in [0.5, 0.6) is 0 Å². The Balaban J connectivity index is 1.89. The lowest BCUT2D eigenvalue weighted by molar-refractivity contribution is -0.134. The maximum absolute atomic E-state index is 11.6. The first kappa shape index (κ1) is 11.7. The molecule has 0 aliphatic heterocycles. The molecular formula is C12H21NO3. The molecule has 0 radical (unpaired) electrons. The van der Waals surface area contributed by atoms with E-state index in [1.807, 2.05) is 20.8 Å². The summed E-state index contributed by atoms with van der Waals surface area (Å²) in [4.78, 5) is 11.6. The van der Waals surface area contributed by atoms with Crippen LogP contribution < -0.4 is 5.32 Å². The third-order valence-corrected chi connectivity index (χ3v) is 3.40. The van der Waals surface area contributed by atoms with Gasteiger partial charge in [0.2, 0.25) is 0 Å². The zero-order valence-electron chi connectivity index (χ0n) is 10.3. The molecule has 0 aromatic heterocycles. The lowest BCUT2D eigenvalue weighted by Crippen LogP contribution is -2.68. The van der Waals surface area contributed by atoms with Gasteiger partial charge in [0.15, 0.2) is 0 Å². The molecule has 3 aliphatic carbocycles. The van der Waals surface area contributed by atoms with Crippen molar-refractivity contribution in [3.63, 3.8) is 0 Å². The lowest BCUT2D eigenvalue weighted by atomic mass is 9.56.